The minimum atomic E-state index is -1.54. The number of nitrogens with zero attached hydrogens (tertiary/aromatic N) is 4. The molecule has 0 amide bonds. The van der Waals surface area contributed by atoms with Crippen LogP contribution in [-0.4, -0.2) is 15.5 Å². The Labute approximate surface area is 112 Å². The number of nitriles is 1. The molecule has 0 bridgehead atoms. The number of hydrogen-bond donors (Lipinski definition) is 0. The third-order valence-electron chi connectivity index (χ3n) is 1.77. The molecule has 88 valence electrons. The summed E-state index contributed by atoms with van der Waals surface area (Å²) in [6.07, 6.45) is 1.21. The van der Waals surface area contributed by atoms with Crippen LogP contribution in [0.1, 0.15) is 18.7 Å². The first kappa shape index (κ1) is 13.8. The molecule has 0 aliphatic carbocycles. The smallest absolute Gasteiger partial charge is 0.249 e. The zero-order chi connectivity index (χ0) is 12.2. The SMILES string of the molecule is Cn1c(C(Cl)(Cl)Cl)nsc1=NCCCC#N. The van der Waals surface area contributed by atoms with Crippen molar-refractivity contribution >= 4 is 46.3 Å². The fraction of sp³-hybridized carbons (Fsp3) is 0.625. The molecule has 0 radical (unpaired) electrons. The van der Waals surface area contributed by atoms with Gasteiger partial charge in [-0.3, -0.25) is 4.99 Å². The Morgan fingerprint density at radius 3 is 2.75 bits per heavy atom. The van der Waals surface area contributed by atoms with E-state index in [1.807, 2.05) is 0 Å². The van der Waals surface area contributed by atoms with Crippen molar-refractivity contribution in [2.24, 2.45) is 12.0 Å². The summed E-state index contributed by atoms with van der Waals surface area (Å²) < 4.78 is 4.14. The summed E-state index contributed by atoms with van der Waals surface area (Å²) in [5.74, 6) is 0.349. The van der Waals surface area contributed by atoms with E-state index in [1.54, 1.807) is 11.6 Å². The van der Waals surface area contributed by atoms with Gasteiger partial charge in [0.15, 0.2) is 5.82 Å². The van der Waals surface area contributed by atoms with Crippen molar-refractivity contribution in [3.63, 3.8) is 0 Å². The molecule has 1 heterocycles. The van der Waals surface area contributed by atoms with Crippen molar-refractivity contribution in [1.82, 2.24) is 8.94 Å². The molecular weight excluding hydrogens is 291 g/mol. The minimum Gasteiger partial charge on any atom is -0.304 e. The van der Waals surface area contributed by atoms with Gasteiger partial charge in [-0.05, 0) is 6.42 Å². The molecule has 0 aromatic carbocycles. The number of aromatic nitrogens is 2. The number of rotatable bonds is 3. The zero-order valence-corrected chi connectivity index (χ0v) is 11.5. The van der Waals surface area contributed by atoms with Crippen molar-refractivity contribution in [1.29, 1.82) is 5.26 Å². The Bertz CT molecular complexity index is 451. The first-order valence-corrected chi connectivity index (χ1v) is 6.35. The summed E-state index contributed by atoms with van der Waals surface area (Å²) in [5, 5.41) is 8.37. The molecule has 0 N–H and O–H groups in total. The van der Waals surface area contributed by atoms with Gasteiger partial charge in [-0.15, -0.1) is 0 Å². The predicted octanol–water partition coefficient (Wildman–Crippen LogP) is 2.51. The molecular formula is C8H9Cl3N4S. The minimum absolute atomic E-state index is 0.349. The molecule has 0 saturated carbocycles. The van der Waals surface area contributed by atoms with E-state index in [9.17, 15) is 0 Å². The predicted molar refractivity (Wildman–Crippen MR) is 65.6 cm³/mol. The van der Waals surface area contributed by atoms with Gasteiger partial charge in [-0.1, -0.05) is 34.8 Å². The average molecular weight is 300 g/mol. The second kappa shape index (κ2) is 5.87. The van der Waals surface area contributed by atoms with Gasteiger partial charge >= 0.3 is 0 Å². The van der Waals surface area contributed by atoms with Crippen LogP contribution in [0.15, 0.2) is 4.99 Å². The van der Waals surface area contributed by atoms with Gasteiger partial charge in [0.05, 0.1) is 6.07 Å². The van der Waals surface area contributed by atoms with E-state index < -0.39 is 3.79 Å². The van der Waals surface area contributed by atoms with Crippen LogP contribution in [0.2, 0.25) is 0 Å². The van der Waals surface area contributed by atoms with Crippen LogP contribution in [0.4, 0.5) is 0 Å². The maximum absolute atomic E-state index is 8.37. The van der Waals surface area contributed by atoms with E-state index in [-0.39, 0.29) is 0 Å². The second-order valence-electron chi connectivity index (χ2n) is 2.99. The van der Waals surface area contributed by atoms with Gasteiger partial charge in [0.25, 0.3) is 0 Å². The molecule has 1 aromatic heterocycles. The molecule has 0 unspecified atom stereocenters. The molecule has 1 rings (SSSR count). The molecule has 8 heteroatoms. The fourth-order valence-corrected chi connectivity index (χ4v) is 2.45. The van der Waals surface area contributed by atoms with Gasteiger partial charge in [0.2, 0.25) is 8.59 Å². The lowest BCUT2D eigenvalue weighted by Gasteiger charge is -2.08. The largest absolute Gasteiger partial charge is 0.304 e. The van der Waals surface area contributed by atoms with Crippen LogP contribution < -0.4 is 4.80 Å². The van der Waals surface area contributed by atoms with Crippen LogP contribution in [0.25, 0.3) is 0 Å². The molecule has 0 saturated heterocycles. The lowest BCUT2D eigenvalue weighted by molar-refractivity contribution is 0.752. The Hall–Kier alpha value is -0.280. The van der Waals surface area contributed by atoms with E-state index >= 15 is 0 Å². The van der Waals surface area contributed by atoms with Gasteiger partial charge in [0.1, 0.15) is 0 Å². The summed E-state index contributed by atoms with van der Waals surface area (Å²) in [4.78, 5) is 4.95. The maximum Gasteiger partial charge on any atom is 0.249 e. The van der Waals surface area contributed by atoms with Crippen LogP contribution in [0.5, 0.6) is 0 Å². The summed E-state index contributed by atoms with van der Waals surface area (Å²) >= 11 is 18.4. The quantitative estimate of drug-likeness (QED) is 0.636. The van der Waals surface area contributed by atoms with E-state index in [0.717, 1.165) is 6.42 Å². The number of halogens is 3. The molecule has 0 fully saturated rings. The highest BCUT2D eigenvalue weighted by Gasteiger charge is 2.28. The molecule has 0 spiro atoms. The lowest BCUT2D eigenvalue weighted by Crippen LogP contribution is -2.18. The Morgan fingerprint density at radius 2 is 2.25 bits per heavy atom. The summed E-state index contributed by atoms with van der Waals surface area (Å²) in [6.45, 7) is 0.572. The van der Waals surface area contributed by atoms with Crippen molar-refractivity contribution in [2.45, 2.75) is 16.6 Å². The normalized spacial score (nSPS) is 12.8. The molecule has 0 aliphatic rings. The Balaban J connectivity index is 2.85. The van der Waals surface area contributed by atoms with Crippen molar-refractivity contribution in [2.75, 3.05) is 6.54 Å². The number of alkyl halides is 3. The third kappa shape index (κ3) is 3.63. The Morgan fingerprint density at radius 1 is 1.56 bits per heavy atom. The van der Waals surface area contributed by atoms with Gasteiger partial charge < -0.3 is 4.57 Å². The summed E-state index contributed by atoms with van der Waals surface area (Å²) in [7, 11) is 1.74. The molecule has 1 aromatic rings. The highest BCUT2D eigenvalue weighted by atomic mass is 35.6. The monoisotopic (exact) mass is 298 g/mol. The van der Waals surface area contributed by atoms with Crippen LogP contribution in [0.3, 0.4) is 0 Å². The average Bonchev–Trinajstić information content (AvgIpc) is 2.54. The highest BCUT2D eigenvalue weighted by Crippen LogP contribution is 2.36. The zero-order valence-electron chi connectivity index (χ0n) is 8.45. The van der Waals surface area contributed by atoms with Crippen molar-refractivity contribution in [3.05, 3.63) is 10.6 Å². The Kier molecular flexibility index (Phi) is 5.06. The standard InChI is InChI=1S/C8H9Cl3N4S/c1-15-6(8(9,10)11)14-16-7(15)13-5-3-2-4-12/h2-3,5H2,1H3. The van der Waals surface area contributed by atoms with Crippen molar-refractivity contribution < 1.29 is 0 Å². The third-order valence-corrected chi connectivity index (χ3v) is 3.10. The van der Waals surface area contributed by atoms with Gasteiger partial charge in [0, 0.05) is 31.5 Å². The van der Waals surface area contributed by atoms with Crippen LogP contribution in [0, 0.1) is 11.3 Å². The van der Waals surface area contributed by atoms with E-state index in [4.69, 9.17) is 40.1 Å². The summed E-state index contributed by atoms with van der Waals surface area (Å²) in [6, 6.07) is 2.06. The fourth-order valence-electron chi connectivity index (χ4n) is 1.01. The van der Waals surface area contributed by atoms with E-state index in [2.05, 4.69) is 15.4 Å². The van der Waals surface area contributed by atoms with Crippen molar-refractivity contribution in [3.8, 4) is 6.07 Å². The molecule has 16 heavy (non-hydrogen) atoms. The first-order chi connectivity index (χ1) is 7.46. The summed E-state index contributed by atoms with van der Waals surface area (Å²) in [5.41, 5.74) is 0. The maximum atomic E-state index is 8.37. The topological polar surface area (TPSA) is 54.0 Å². The second-order valence-corrected chi connectivity index (χ2v) is 6.00. The highest BCUT2D eigenvalue weighted by molar-refractivity contribution is 7.02. The van der Waals surface area contributed by atoms with Gasteiger partial charge in [-0.2, -0.15) is 9.64 Å². The number of unbranched alkanes of at least 4 members (excludes halogenated alkanes) is 1. The molecule has 0 atom stereocenters. The lowest BCUT2D eigenvalue weighted by atomic mass is 10.3. The molecule has 0 aliphatic heterocycles. The van der Waals surface area contributed by atoms with Crippen LogP contribution in [-0.2, 0) is 10.8 Å². The first-order valence-electron chi connectivity index (χ1n) is 4.44. The van der Waals surface area contributed by atoms with Gasteiger partial charge in [-0.25, -0.2) is 0 Å². The molecule has 4 nitrogen and oxygen atoms in total. The van der Waals surface area contributed by atoms with E-state index in [0.29, 0.717) is 23.6 Å². The van der Waals surface area contributed by atoms with E-state index in [1.165, 1.54) is 11.5 Å². The number of hydrogen-bond acceptors (Lipinski definition) is 4. The van der Waals surface area contributed by atoms with Crippen LogP contribution >= 0.6 is 46.3 Å².